The van der Waals surface area contributed by atoms with Gasteiger partial charge in [0.05, 0.1) is 0 Å². The van der Waals surface area contributed by atoms with Crippen molar-refractivity contribution < 1.29 is 35.6 Å². The van der Waals surface area contributed by atoms with Crippen molar-refractivity contribution in [2.75, 3.05) is 39.3 Å². The van der Waals surface area contributed by atoms with E-state index in [9.17, 15) is 0 Å². The second kappa shape index (κ2) is 33.5. The summed E-state index contributed by atoms with van der Waals surface area (Å²) in [6.07, 6.45) is 39.8. The third kappa shape index (κ3) is 21.2. The first-order valence-corrected chi connectivity index (χ1v) is 26.6. The first-order chi connectivity index (χ1) is 29.5. The zero-order valence-electron chi connectivity index (χ0n) is 41.0. The Morgan fingerprint density at radius 1 is 0.311 bits per heavy atom. The summed E-state index contributed by atoms with van der Waals surface area (Å²) in [5.41, 5.74) is 0. The van der Waals surface area contributed by atoms with Crippen LogP contribution in [0.5, 0.6) is 0 Å². The maximum atomic E-state index is 5.05. The Bertz CT molecular complexity index is 1000. The van der Waals surface area contributed by atoms with Gasteiger partial charge in [0.25, 0.3) is 0 Å². The molecule has 0 atom stereocenters. The van der Waals surface area contributed by atoms with Gasteiger partial charge >= 0.3 is 35.6 Å². The van der Waals surface area contributed by atoms with E-state index < -0.39 is 0 Å². The van der Waals surface area contributed by atoms with Crippen molar-refractivity contribution in [2.45, 2.75) is 270 Å². The minimum atomic E-state index is 0. The molecular weight excluding hydrogens is 878 g/mol. The topological polar surface area (TPSA) is 89.1 Å². The smallest absolute Gasteiger partial charge is 0.427 e. The maximum Gasteiger partial charge on any atom is 3.00 e. The van der Waals surface area contributed by atoms with Crippen LogP contribution < -0.4 is 0 Å². The van der Waals surface area contributed by atoms with Gasteiger partial charge in [-0.1, -0.05) is 157 Å². The van der Waals surface area contributed by atoms with Crippen molar-refractivity contribution in [3.05, 3.63) is 16.0 Å². The third-order valence-electron chi connectivity index (χ3n) is 14.4. The summed E-state index contributed by atoms with van der Waals surface area (Å²) in [6.45, 7) is 19.5. The predicted molar refractivity (Wildman–Crippen MR) is 262 cm³/mol. The van der Waals surface area contributed by atoms with E-state index in [1.165, 1.54) is 193 Å². The largest absolute Gasteiger partial charge is 3.00 e. The summed E-state index contributed by atoms with van der Waals surface area (Å²) in [5, 5.41) is 15.1. The molecule has 0 aliphatic heterocycles. The van der Waals surface area contributed by atoms with Gasteiger partial charge in [-0.15, -0.1) is 0 Å². The van der Waals surface area contributed by atoms with E-state index in [2.05, 4.69) is 56.2 Å². The summed E-state index contributed by atoms with van der Waals surface area (Å²) < 4.78 is 0. The monoisotopic (exact) mass is 974 g/mol. The molecule has 61 heavy (non-hydrogen) atoms. The van der Waals surface area contributed by atoms with Gasteiger partial charge < -0.3 is 45.6 Å². The molecule has 6 saturated carbocycles. The summed E-state index contributed by atoms with van der Waals surface area (Å²) >= 11 is 0. The average Bonchev–Trinajstić information content (AvgIpc) is 3.30. The second-order valence-electron chi connectivity index (χ2n) is 18.9. The average molecular weight is 974 g/mol. The molecule has 0 saturated heterocycles. The molecule has 0 bridgehead atoms. The molecule has 0 N–H and O–H groups in total. The van der Waals surface area contributed by atoms with Gasteiger partial charge in [0.2, 0.25) is 0 Å². The second-order valence-corrected chi connectivity index (χ2v) is 18.9. The van der Waals surface area contributed by atoms with Crippen LogP contribution >= 0.6 is 0 Å². The molecular formula is C51H96LaN9. The standard InChI is InChI=1S/3C17H32N3.La/c3*1-3-20(4-2)17(18-15-11-7-5-8-12-15)19-16-13-9-6-10-14-16;/h3*15-16H,3-14H2,1-2H3;/q3*-1;+3. The molecule has 0 aromatic rings. The van der Waals surface area contributed by atoms with Crippen LogP contribution in [0.1, 0.15) is 234 Å². The van der Waals surface area contributed by atoms with Crippen LogP contribution in [-0.4, -0.2) is 108 Å². The molecule has 6 aliphatic carbocycles. The Kier molecular flexibility index (Phi) is 29.8. The first-order valence-electron chi connectivity index (χ1n) is 26.6. The molecule has 0 amide bonds. The first kappa shape index (κ1) is 54.3. The van der Waals surface area contributed by atoms with Gasteiger partial charge in [0, 0.05) is 17.9 Å². The van der Waals surface area contributed by atoms with Crippen LogP contribution in [0, 0.1) is 35.6 Å². The molecule has 0 spiro atoms. The van der Waals surface area contributed by atoms with Gasteiger partial charge in [-0.05, 0) is 153 Å². The molecule has 6 aliphatic rings. The van der Waals surface area contributed by atoms with E-state index in [1.54, 1.807) is 0 Å². The SMILES string of the molecule is CCN(CC)C(=NC1CCCCC1)[N-]C1CCCCC1.CCN(CC)C(=NC1CCCCC1)[N-]C1CCCCC1.CCN(CC)C(=NC1CCCCC1)[N-]C1CCCCC1.[La+3]. The van der Waals surface area contributed by atoms with E-state index in [0.29, 0.717) is 36.3 Å². The fraction of sp³-hybridized carbons (Fsp3) is 0.941. The minimum Gasteiger partial charge on any atom is -0.427 e. The van der Waals surface area contributed by atoms with E-state index >= 15 is 0 Å². The zero-order valence-corrected chi connectivity index (χ0v) is 44.6. The van der Waals surface area contributed by atoms with Crippen LogP contribution in [0.15, 0.2) is 15.0 Å². The van der Waals surface area contributed by atoms with Gasteiger partial charge in [-0.25, -0.2) is 0 Å². The van der Waals surface area contributed by atoms with Gasteiger partial charge in [-0.3, -0.25) is 0 Å². The fourth-order valence-corrected chi connectivity index (χ4v) is 10.3. The van der Waals surface area contributed by atoms with Crippen LogP contribution in [-0.2, 0) is 0 Å². The molecule has 6 rings (SSSR count). The Labute approximate surface area is 406 Å². The van der Waals surface area contributed by atoms with E-state index in [1.807, 2.05) is 0 Å². The molecule has 0 heterocycles. The normalized spacial score (nSPS) is 22.4. The number of guanidine groups is 3. The van der Waals surface area contributed by atoms with E-state index in [0.717, 1.165) is 57.1 Å². The quantitative estimate of drug-likeness (QED) is 0.144. The number of aliphatic imine (C=N–C) groups is 3. The summed E-state index contributed by atoms with van der Waals surface area (Å²) in [4.78, 5) is 22.2. The van der Waals surface area contributed by atoms with Crippen molar-refractivity contribution in [3.63, 3.8) is 0 Å². The molecule has 0 aromatic heterocycles. The van der Waals surface area contributed by atoms with Crippen molar-refractivity contribution >= 4 is 17.9 Å². The number of hydrogen-bond donors (Lipinski definition) is 0. The van der Waals surface area contributed by atoms with Crippen LogP contribution in [0.3, 0.4) is 0 Å². The molecule has 348 valence electrons. The Morgan fingerprint density at radius 3 is 0.672 bits per heavy atom. The maximum absolute atomic E-state index is 5.05. The van der Waals surface area contributed by atoms with E-state index in [-0.39, 0.29) is 35.6 Å². The Hall–Kier alpha value is -0.995. The molecule has 10 heteroatoms. The minimum absolute atomic E-state index is 0. The van der Waals surface area contributed by atoms with E-state index in [4.69, 9.17) is 30.9 Å². The summed E-state index contributed by atoms with van der Waals surface area (Å²) in [7, 11) is 0. The van der Waals surface area contributed by atoms with Crippen LogP contribution in [0.2, 0.25) is 0 Å². The third-order valence-corrected chi connectivity index (χ3v) is 14.4. The molecule has 9 nitrogen and oxygen atoms in total. The molecule has 0 unspecified atom stereocenters. The van der Waals surface area contributed by atoms with Gasteiger partial charge in [0.15, 0.2) is 0 Å². The number of nitrogens with zero attached hydrogens (tertiary/aromatic N) is 9. The fourth-order valence-electron chi connectivity index (χ4n) is 10.3. The zero-order chi connectivity index (χ0) is 42.6. The predicted octanol–water partition coefficient (Wildman–Crippen LogP) is 14.2. The number of hydrogen-bond acceptors (Lipinski definition) is 3. The molecule has 0 aromatic carbocycles. The van der Waals surface area contributed by atoms with Crippen LogP contribution in [0.4, 0.5) is 0 Å². The van der Waals surface area contributed by atoms with Crippen molar-refractivity contribution in [2.24, 2.45) is 15.0 Å². The Balaban J connectivity index is 0.000000242. The molecule has 6 fully saturated rings. The van der Waals surface area contributed by atoms with Crippen molar-refractivity contribution in [1.82, 2.24) is 14.7 Å². The van der Waals surface area contributed by atoms with Crippen molar-refractivity contribution in [3.8, 4) is 0 Å². The van der Waals surface area contributed by atoms with Crippen molar-refractivity contribution in [1.29, 1.82) is 0 Å². The van der Waals surface area contributed by atoms with Gasteiger partial charge in [-0.2, -0.15) is 0 Å². The number of rotatable bonds is 12. The summed E-state index contributed by atoms with van der Waals surface area (Å²) in [5.74, 6) is 3.19. The summed E-state index contributed by atoms with van der Waals surface area (Å²) in [6, 6.07) is 3.20. The Morgan fingerprint density at radius 2 is 0.492 bits per heavy atom. The van der Waals surface area contributed by atoms with Gasteiger partial charge in [0.1, 0.15) is 0 Å². The molecule has 0 radical (unpaired) electrons. The van der Waals surface area contributed by atoms with Crippen LogP contribution in [0.25, 0.3) is 16.0 Å².